The largest absolute Gasteiger partial charge is 0.497 e. The Bertz CT molecular complexity index is 2500. The highest BCUT2D eigenvalue weighted by atomic mass is 79.9. The number of aliphatic hydroxyl groups excluding tert-OH is 1. The lowest BCUT2D eigenvalue weighted by atomic mass is 9.82. The van der Waals surface area contributed by atoms with Crippen molar-refractivity contribution in [2.75, 3.05) is 30.1 Å². The van der Waals surface area contributed by atoms with Gasteiger partial charge in [-0.1, -0.05) is 89.7 Å². The van der Waals surface area contributed by atoms with Crippen molar-refractivity contribution in [2.45, 2.75) is 69.1 Å². The first-order valence-corrected chi connectivity index (χ1v) is 24.5. The van der Waals surface area contributed by atoms with E-state index in [9.17, 15) is 14.7 Å². The SMILES string of the molecule is COc1ccc([Si](C)(C)[C@H]2[C@H](CC(=O)N3CCC[C@H]3CO)O[C@@]3(C(=O)N(Cc4cccc(N5C(=O)c6ccccc6Oc6ccccc65)c4)c4ccc(Br)cc43)[C@@H]2C)cc1. The zero-order chi connectivity index (χ0) is 41.9. The second kappa shape index (κ2) is 15.6. The highest BCUT2D eigenvalue weighted by Gasteiger charge is 2.66. The smallest absolute Gasteiger partial charge is 0.266 e. The molecule has 0 saturated carbocycles. The topological polar surface area (TPSA) is 109 Å². The molecule has 4 aliphatic rings. The second-order valence-corrected chi connectivity index (χ2v) is 22.5. The number of nitrogens with zero attached hydrogens (tertiary/aromatic N) is 3. The zero-order valence-corrected chi connectivity index (χ0v) is 36.7. The molecule has 0 aromatic heterocycles. The molecular weight excluding hydrogens is 839 g/mol. The summed E-state index contributed by atoms with van der Waals surface area (Å²) in [4.78, 5) is 49.3. The first-order valence-electron chi connectivity index (χ1n) is 20.6. The van der Waals surface area contributed by atoms with Crippen molar-refractivity contribution in [2.24, 2.45) is 5.92 Å². The number of amides is 3. The Hall–Kier alpha value is -5.27. The van der Waals surface area contributed by atoms with Gasteiger partial charge in [-0.2, -0.15) is 0 Å². The van der Waals surface area contributed by atoms with Crippen LogP contribution in [-0.2, 0) is 26.5 Å². The van der Waals surface area contributed by atoms with Gasteiger partial charge in [-0.05, 0) is 90.7 Å². The molecule has 0 aliphatic carbocycles. The maximum atomic E-state index is 15.6. The first kappa shape index (κ1) is 40.1. The van der Waals surface area contributed by atoms with E-state index in [1.807, 2.05) is 91.0 Å². The average molecular weight is 887 g/mol. The molecule has 5 aromatic rings. The van der Waals surface area contributed by atoms with Crippen LogP contribution in [0, 0.1) is 5.92 Å². The standard InChI is InChI=1S/C48H48BrN3O7Si/c1-30-45(60(3,4)36-21-19-35(57-2)20-22-36)43(27-44(54)50-24-10-13-34(50)29-53)59-48(30)38-26-32(49)18-23-39(38)51(47(48)56)28-31-11-9-12-33(25-31)52-40-15-6-8-17-42(40)58-41-16-7-5-14-37(41)46(52)55/h5-9,11-12,14-23,25-26,30,34,43,45,53H,10,13,24,27-29H2,1-4H3/t30-,34+,43+,45-,48+/m1/s1. The molecule has 60 heavy (non-hydrogen) atoms. The minimum atomic E-state index is -2.52. The molecule has 0 radical (unpaired) electrons. The predicted molar refractivity (Wildman–Crippen MR) is 237 cm³/mol. The van der Waals surface area contributed by atoms with Crippen molar-refractivity contribution in [3.63, 3.8) is 0 Å². The average Bonchev–Trinajstić information content (AvgIpc) is 3.89. The second-order valence-electron chi connectivity index (χ2n) is 16.9. The van der Waals surface area contributed by atoms with Crippen molar-refractivity contribution in [3.8, 4) is 17.2 Å². The fraction of sp³-hybridized carbons (Fsp3) is 0.312. The zero-order valence-electron chi connectivity index (χ0n) is 34.1. The number of fused-ring (bicyclic) bond motifs is 4. The van der Waals surface area contributed by atoms with Gasteiger partial charge in [-0.3, -0.25) is 19.3 Å². The van der Waals surface area contributed by atoms with Crippen LogP contribution in [0.3, 0.4) is 0 Å². The number of rotatable bonds is 9. The fourth-order valence-electron chi connectivity index (χ4n) is 10.3. The van der Waals surface area contributed by atoms with Crippen LogP contribution in [0.1, 0.15) is 47.7 Å². The molecule has 12 heteroatoms. The Labute approximate surface area is 359 Å². The molecular formula is C48H48BrN3O7Si. The summed E-state index contributed by atoms with van der Waals surface area (Å²) in [6.07, 6.45) is 1.15. The lowest BCUT2D eigenvalue weighted by Crippen LogP contribution is -2.52. The molecule has 1 N–H and O–H groups in total. The number of likely N-dealkylation sites (tertiary alicyclic amines) is 1. The van der Waals surface area contributed by atoms with Gasteiger partial charge in [-0.15, -0.1) is 0 Å². The van der Waals surface area contributed by atoms with Gasteiger partial charge in [0.1, 0.15) is 11.5 Å². The Morgan fingerprint density at radius 1 is 0.917 bits per heavy atom. The summed E-state index contributed by atoms with van der Waals surface area (Å²) in [7, 11) is -0.865. The van der Waals surface area contributed by atoms with Crippen molar-refractivity contribution < 1.29 is 33.7 Å². The van der Waals surface area contributed by atoms with Crippen LogP contribution in [0.4, 0.5) is 17.1 Å². The summed E-state index contributed by atoms with van der Waals surface area (Å²) < 4.78 is 19.9. The molecule has 2 saturated heterocycles. The highest BCUT2D eigenvalue weighted by molar-refractivity contribution is 9.10. The van der Waals surface area contributed by atoms with Gasteiger partial charge >= 0.3 is 0 Å². The minimum Gasteiger partial charge on any atom is -0.497 e. The van der Waals surface area contributed by atoms with E-state index in [1.165, 1.54) is 5.19 Å². The Balaban J connectivity index is 1.10. The predicted octanol–water partition coefficient (Wildman–Crippen LogP) is 8.68. The summed E-state index contributed by atoms with van der Waals surface area (Å²) in [6, 6.07) is 36.3. The number of aliphatic hydroxyl groups is 1. The Morgan fingerprint density at radius 2 is 1.67 bits per heavy atom. The van der Waals surface area contributed by atoms with Crippen LogP contribution in [0.2, 0.25) is 18.6 Å². The number of methoxy groups -OCH3 is 1. The van der Waals surface area contributed by atoms with E-state index in [0.717, 1.165) is 39.9 Å². The number of benzene rings is 5. The molecule has 0 bridgehead atoms. The van der Waals surface area contributed by atoms with Crippen molar-refractivity contribution in [3.05, 3.63) is 136 Å². The summed E-state index contributed by atoms with van der Waals surface area (Å²) in [5.41, 5.74) is 2.53. The van der Waals surface area contributed by atoms with Gasteiger partial charge in [0.25, 0.3) is 11.8 Å². The van der Waals surface area contributed by atoms with E-state index < -0.39 is 19.8 Å². The Kier molecular flexibility index (Phi) is 10.5. The van der Waals surface area contributed by atoms with E-state index >= 15 is 4.79 Å². The third-order valence-electron chi connectivity index (χ3n) is 13.2. The van der Waals surface area contributed by atoms with Crippen LogP contribution < -0.4 is 24.5 Å². The quantitative estimate of drug-likeness (QED) is 0.148. The van der Waals surface area contributed by atoms with E-state index in [0.29, 0.717) is 35.0 Å². The van der Waals surface area contributed by atoms with Crippen LogP contribution in [0.5, 0.6) is 17.2 Å². The molecule has 2 fully saturated rings. The van der Waals surface area contributed by atoms with E-state index in [2.05, 4.69) is 48.1 Å². The van der Waals surface area contributed by atoms with Gasteiger partial charge in [0.15, 0.2) is 11.4 Å². The highest BCUT2D eigenvalue weighted by Crippen LogP contribution is 2.60. The number of ether oxygens (including phenoxy) is 3. The van der Waals surface area contributed by atoms with Crippen molar-refractivity contribution >= 4 is 64.0 Å². The van der Waals surface area contributed by atoms with Gasteiger partial charge < -0.3 is 29.1 Å². The van der Waals surface area contributed by atoms with Crippen LogP contribution >= 0.6 is 15.9 Å². The number of carbonyl (C=O) groups excluding carboxylic acids is 3. The molecule has 3 amide bonds. The number of carbonyl (C=O) groups is 3. The van der Waals surface area contributed by atoms with Gasteiger partial charge in [0.2, 0.25) is 5.91 Å². The van der Waals surface area contributed by atoms with E-state index in [4.69, 9.17) is 14.2 Å². The number of hydrogen-bond acceptors (Lipinski definition) is 7. The molecule has 9 rings (SSSR count). The summed E-state index contributed by atoms with van der Waals surface area (Å²) in [5.74, 6) is 1.04. The molecule has 10 nitrogen and oxygen atoms in total. The maximum Gasteiger partial charge on any atom is 0.266 e. The number of para-hydroxylation sites is 3. The van der Waals surface area contributed by atoms with E-state index in [1.54, 1.807) is 33.9 Å². The monoisotopic (exact) mass is 885 g/mol. The minimum absolute atomic E-state index is 0.0587. The molecule has 5 atom stereocenters. The lowest BCUT2D eigenvalue weighted by Gasteiger charge is -2.37. The fourth-order valence-corrected chi connectivity index (χ4v) is 14.7. The van der Waals surface area contributed by atoms with Gasteiger partial charge in [-0.25, -0.2) is 0 Å². The maximum absolute atomic E-state index is 15.6. The number of anilines is 3. The van der Waals surface area contributed by atoms with Crippen LogP contribution in [0.25, 0.3) is 0 Å². The summed E-state index contributed by atoms with van der Waals surface area (Å²) in [5, 5.41) is 11.3. The third-order valence-corrected chi connectivity index (χ3v) is 18.1. The first-order chi connectivity index (χ1) is 29.0. The van der Waals surface area contributed by atoms with Crippen molar-refractivity contribution in [1.29, 1.82) is 0 Å². The molecule has 4 aliphatic heterocycles. The third kappa shape index (κ3) is 6.55. The van der Waals surface area contributed by atoms with E-state index in [-0.39, 0.29) is 54.8 Å². The van der Waals surface area contributed by atoms with Gasteiger partial charge in [0.05, 0.1) is 63.8 Å². The molecule has 4 heterocycles. The molecule has 308 valence electrons. The molecule has 0 unspecified atom stereocenters. The normalized spacial score (nSPS) is 23.3. The van der Waals surface area contributed by atoms with Gasteiger partial charge in [0, 0.05) is 28.2 Å². The number of hydrogen-bond donors (Lipinski definition) is 1. The number of halogens is 1. The van der Waals surface area contributed by atoms with Crippen molar-refractivity contribution in [1.82, 2.24) is 4.90 Å². The summed E-state index contributed by atoms with van der Waals surface area (Å²) in [6.45, 7) is 7.46. The van der Waals surface area contributed by atoms with Crippen LogP contribution in [0.15, 0.2) is 120 Å². The molecule has 1 spiro atoms. The lowest BCUT2D eigenvalue weighted by molar-refractivity contribution is -0.150. The molecule has 5 aromatic carbocycles. The summed E-state index contributed by atoms with van der Waals surface area (Å²) >= 11 is 3.71. The Morgan fingerprint density at radius 3 is 2.43 bits per heavy atom. The van der Waals surface area contributed by atoms with Crippen LogP contribution in [-0.4, -0.2) is 68.2 Å².